The zero-order chi connectivity index (χ0) is 21.6. The van der Waals surface area contributed by atoms with Gasteiger partial charge in [-0.05, 0) is 65.7 Å². The molecule has 0 spiro atoms. The average molecular weight is 412 g/mol. The minimum atomic E-state index is -0.445. The highest BCUT2D eigenvalue weighted by Crippen LogP contribution is 2.27. The van der Waals surface area contributed by atoms with E-state index in [0.29, 0.717) is 6.61 Å². The number of fused-ring (bicyclic) bond motifs is 2. The molecule has 0 unspecified atom stereocenters. The smallest absolute Gasteiger partial charge is 0.262 e. The molecule has 156 valence electrons. The third-order valence-corrected chi connectivity index (χ3v) is 5.12. The van der Waals surface area contributed by atoms with Crippen molar-refractivity contribution in [3.8, 4) is 5.75 Å². The highest BCUT2D eigenvalue weighted by Gasteiger charge is 2.12. The summed E-state index contributed by atoms with van der Waals surface area (Å²) >= 11 is 0. The number of anilines is 1. The molecule has 1 atom stereocenters. The second-order valence-electron chi connectivity index (χ2n) is 7.29. The van der Waals surface area contributed by atoms with Crippen LogP contribution in [0.2, 0.25) is 0 Å². The summed E-state index contributed by atoms with van der Waals surface area (Å²) in [7, 11) is 0. The standard InChI is InChI=1S/C26H25N3O2/c1-3-31-22-14-12-21(13-15-22)28-18(2)26(30)29-27-17-25-23-10-6-4-8-19(23)16-20-9-5-7-11-24(20)25/h4-18,28H,3H2,1-2H3,(H,29,30)/b27-17-/t18-/m0/s1. The van der Waals surface area contributed by atoms with Crippen LogP contribution < -0.4 is 15.5 Å². The first kappa shape index (κ1) is 20.4. The SMILES string of the molecule is CCOc1ccc(N[C@@H](C)C(=O)N/N=C\c2c3ccccc3cc3ccccc23)cc1. The van der Waals surface area contributed by atoms with E-state index in [1.165, 1.54) is 0 Å². The van der Waals surface area contributed by atoms with Crippen LogP contribution in [0.5, 0.6) is 5.75 Å². The predicted octanol–water partition coefficient (Wildman–Crippen LogP) is 5.34. The van der Waals surface area contributed by atoms with Gasteiger partial charge in [-0.2, -0.15) is 5.10 Å². The molecular formula is C26H25N3O2. The van der Waals surface area contributed by atoms with E-state index >= 15 is 0 Å². The van der Waals surface area contributed by atoms with Gasteiger partial charge in [0, 0.05) is 11.3 Å². The lowest BCUT2D eigenvalue weighted by molar-refractivity contribution is -0.121. The fourth-order valence-corrected chi connectivity index (χ4v) is 3.57. The average Bonchev–Trinajstić information content (AvgIpc) is 2.80. The van der Waals surface area contributed by atoms with Crippen molar-refractivity contribution < 1.29 is 9.53 Å². The van der Waals surface area contributed by atoms with Gasteiger partial charge in [-0.15, -0.1) is 0 Å². The molecule has 0 saturated heterocycles. The number of carbonyl (C=O) groups is 1. The van der Waals surface area contributed by atoms with Gasteiger partial charge in [-0.3, -0.25) is 4.79 Å². The lowest BCUT2D eigenvalue weighted by Gasteiger charge is -2.14. The Hall–Kier alpha value is -3.86. The van der Waals surface area contributed by atoms with Gasteiger partial charge in [0.05, 0.1) is 12.8 Å². The lowest BCUT2D eigenvalue weighted by Crippen LogP contribution is -2.34. The number of rotatable bonds is 7. The number of hydrazone groups is 1. The molecular weight excluding hydrogens is 386 g/mol. The van der Waals surface area contributed by atoms with Gasteiger partial charge in [0.15, 0.2) is 0 Å². The maximum Gasteiger partial charge on any atom is 0.262 e. The molecule has 0 bridgehead atoms. The molecule has 0 aromatic heterocycles. The van der Waals surface area contributed by atoms with Gasteiger partial charge in [0.2, 0.25) is 0 Å². The second kappa shape index (κ2) is 9.30. The molecule has 1 amide bonds. The fourth-order valence-electron chi connectivity index (χ4n) is 3.57. The Bertz CT molecular complexity index is 1180. The van der Waals surface area contributed by atoms with Crippen molar-refractivity contribution in [2.24, 2.45) is 5.10 Å². The normalized spacial score (nSPS) is 12.2. The summed E-state index contributed by atoms with van der Waals surface area (Å²) in [6, 6.07) is 25.6. The summed E-state index contributed by atoms with van der Waals surface area (Å²) < 4.78 is 5.44. The molecule has 0 fully saturated rings. The number of hydrogen-bond donors (Lipinski definition) is 2. The molecule has 4 rings (SSSR count). The minimum absolute atomic E-state index is 0.213. The van der Waals surface area contributed by atoms with Crippen molar-refractivity contribution in [3.05, 3.63) is 84.4 Å². The highest BCUT2D eigenvalue weighted by atomic mass is 16.5. The first-order valence-electron chi connectivity index (χ1n) is 10.4. The largest absolute Gasteiger partial charge is 0.494 e. The summed E-state index contributed by atoms with van der Waals surface area (Å²) in [5.41, 5.74) is 4.49. The molecule has 0 aliphatic rings. The molecule has 0 radical (unpaired) electrons. The third kappa shape index (κ3) is 4.67. The number of ether oxygens (including phenoxy) is 1. The molecule has 5 heteroatoms. The van der Waals surface area contributed by atoms with E-state index in [1.807, 2.05) is 55.5 Å². The van der Waals surface area contributed by atoms with Crippen molar-refractivity contribution in [3.63, 3.8) is 0 Å². The first-order valence-corrected chi connectivity index (χ1v) is 10.4. The van der Waals surface area contributed by atoms with Crippen LogP contribution in [-0.4, -0.2) is 24.8 Å². The molecule has 5 nitrogen and oxygen atoms in total. The van der Waals surface area contributed by atoms with E-state index in [4.69, 9.17) is 4.74 Å². The minimum Gasteiger partial charge on any atom is -0.494 e. The Labute approximate surface area is 181 Å². The van der Waals surface area contributed by atoms with Crippen LogP contribution in [0.3, 0.4) is 0 Å². The maximum absolute atomic E-state index is 12.5. The van der Waals surface area contributed by atoms with E-state index in [1.54, 1.807) is 13.1 Å². The van der Waals surface area contributed by atoms with Gasteiger partial charge in [0.1, 0.15) is 11.8 Å². The van der Waals surface area contributed by atoms with E-state index < -0.39 is 6.04 Å². The van der Waals surface area contributed by atoms with Crippen LogP contribution in [0.25, 0.3) is 21.5 Å². The fraction of sp³-hybridized carbons (Fsp3) is 0.154. The van der Waals surface area contributed by atoms with Crippen molar-refractivity contribution in [2.45, 2.75) is 19.9 Å². The van der Waals surface area contributed by atoms with Crippen molar-refractivity contribution >= 4 is 39.4 Å². The molecule has 0 saturated carbocycles. The summed E-state index contributed by atoms with van der Waals surface area (Å²) in [4.78, 5) is 12.5. The van der Waals surface area contributed by atoms with Crippen LogP contribution in [0, 0.1) is 0 Å². The zero-order valence-electron chi connectivity index (χ0n) is 17.6. The van der Waals surface area contributed by atoms with Crippen molar-refractivity contribution in [1.82, 2.24) is 5.43 Å². The summed E-state index contributed by atoms with van der Waals surface area (Å²) in [5.74, 6) is 0.590. The van der Waals surface area contributed by atoms with Crippen LogP contribution in [0.15, 0.2) is 84.0 Å². The summed E-state index contributed by atoms with van der Waals surface area (Å²) in [6.07, 6.45) is 1.73. The zero-order valence-corrected chi connectivity index (χ0v) is 17.6. The first-order chi connectivity index (χ1) is 15.2. The van der Waals surface area contributed by atoms with Gasteiger partial charge in [-0.1, -0.05) is 48.5 Å². The van der Waals surface area contributed by atoms with Crippen LogP contribution in [-0.2, 0) is 4.79 Å². The molecule has 31 heavy (non-hydrogen) atoms. The van der Waals surface area contributed by atoms with E-state index in [2.05, 4.69) is 46.2 Å². The summed E-state index contributed by atoms with van der Waals surface area (Å²) in [6.45, 7) is 4.37. The Balaban J connectivity index is 1.48. The van der Waals surface area contributed by atoms with Gasteiger partial charge < -0.3 is 10.1 Å². The van der Waals surface area contributed by atoms with Crippen molar-refractivity contribution in [1.29, 1.82) is 0 Å². The maximum atomic E-state index is 12.5. The highest BCUT2D eigenvalue weighted by molar-refractivity contribution is 6.13. The lowest BCUT2D eigenvalue weighted by atomic mass is 9.97. The third-order valence-electron chi connectivity index (χ3n) is 5.12. The Kier molecular flexibility index (Phi) is 6.13. The molecule has 0 aliphatic heterocycles. The number of nitrogens with one attached hydrogen (secondary N) is 2. The van der Waals surface area contributed by atoms with Gasteiger partial charge >= 0.3 is 0 Å². The molecule has 0 heterocycles. The Morgan fingerprint density at radius 3 is 2.19 bits per heavy atom. The number of benzene rings is 4. The van der Waals surface area contributed by atoms with Gasteiger partial charge in [-0.25, -0.2) is 5.43 Å². The van der Waals surface area contributed by atoms with E-state index in [0.717, 1.165) is 38.5 Å². The van der Waals surface area contributed by atoms with Crippen LogP contribution in [0.1, 0.15) is 19.4 Å². The topological polar surface area (TPSA) is 62.7 Å². The number of hydrogen-bond acceptors (Lipinski definition) is 4. The Morgan fingerprint density at radius 1 is 0.968 bits per heavy atom. The van der Waals surface area contributed by atoms with Gasteiger partial charge in [0.25, 0.3) is 5.91 Å². The van der Waals surface area contributed by atoms with E-state index in [9.17, 15) is 4.79 Å². The van der Waals surface area contributed by atoms with E-state index in [-0.39, 0.29) is 5.91 Å². The predicted molar refractivity (Wildman–Crippen MR) is 128 cm³/mol. The quantitative estimate of drug-likeness (QED) is 0.245. The Morgan fingerprint density at radius 2 is 1.58 bits per heavy atom. The van der Waals surface area contributed by atoms with Crippen LogP contribution >= 0.6 is 0 Å². The molecule has 0 aliphatic carbocycles. The monoisotopic (exact) mass is 411 g/mol. The van der Waals surface area contributed by atoms with Crippen LogP contribution in [0.4, 0.5) is 5.69 Å². The van der Waals surface area contributed by atoms with Crippen molar-refractivity contribution in [2.75, 3.05) is 11.9 Å². The molecule has 4 aromatic rings. The molecule has 4 aromatic carbocycles. The number of nitrogens with zero attached hydrogens (tertiary/aromatic N) is 1. The number of carbonyl (C=O) groups excluding carboxylic acids is 1. The summed E-state index contributed by atoms with van der Waals surface area (Å²) in [5, 5.41) is 11.9. The molecule has 2 N–H and O–H groups in total. The number of amides is 1. The second-order valence-corrected chi connectivity index (χ2v) is 7.29.